The van der Waals surface area contributed by atoms with E-state index in [1.807, 2.05) is 22.2 Å². The van der Waals surface area contributed by atoms with Crippen molar-refractivity contribution in [3.05, 3.63) is 35.3 Å². The second-order valence-corrected chi connectivity index (χ2v) is 7.57. The van der Waals surface area contributed by atoms with Crippen LogP contribution in [-0.4, -0.2) is 37.4 Å². The fourth-order valence-corrected chi connectivity index (χ4v) is 3.46. The maximum absolute atomic E-state index is 12.0. The number of rotatable bonds is 7. The van der Waals surface area contributed by atoms with Crippen molar-refractivity contribution in [1.29, 1.82) is 0 Å². The summed E-state index contributed by atoms with van der Waals surface area (Å²) < 4.78 is 6.81. The van der Waals surface area contributed by atoms with E-state index in [9.17, 15) is 9.59 Å². The highest BCUT2D eigenvalue weighted by atomic mass is 32.2. The zero-order valence-electron chi connectivity index (χ0n) is 13.7. The van der Waals surface area contributed by atoms with E-state index in [0.717, 1.165) is 10.7 Å². The summed E-state index contributed by atoms with van der Waals surface area (Å²) in [5.41, 5.74) is 0.803. The van der Waals surface area contributed by atoms with Crippen LogP contribution in [0.5, 0.6) is 0 Å². The van der Waals surface area contributed by atoms with Gasteiger partial charge >= 0.3 is 0 Å². The van der Waals surface area contributed by atoms with Crippen LogP contribution in [0.15, 0.2) is 28.4 Å². The zero-order chi connectivity index (χ0) is 17.8. The number of aromatic nitrogens is 3. The van der Waals surface area contributed by atoms with E-state index in [1.54, 1.807) is 31.3 Å². The highest BCUT2D eigenvalue weighted by molar-refractivity contribution is 8.01. The molecule has 10 heteroatoms. The third-order valence-corrected chi connectivity index (χ3v) is 5.24. The van der Waals surface area contributed by atoms with Gasteiger partial charge in [0.2, 0.25) is 11.8 Å². The Morgan fingerprint density at radius 1 is 1.48 bits per heavy atom. The molecule has 0 aromatic carbocycles. The summed E-state index contributed by atoms with van der Waals surface area (Å²) in [5, 5.41) is 10.7. The molecule has 3 aromatic heterocycles. The minimum Gasteiger partial charge on any atom is -0.360 e. The maximum Gasteiger partial charge on any atom is 0.238 e. The lowest BCUT2D eigenvalue weighted by Crippen LogP contribution is -2.28. The quantitative estimate of drug-likeness (QED) is 0.652. The lowest BCUT2D eigenvalue weighted by molar-refractivity contribution is -0.118. The molecule has 3 heterocycles. The summed E-state index contributed by atoms with van der Waals surface area (Å²) >= 11 is 2.80. The number of nitrogens with one attached hydrogen (secondary N) is 2. The van der Waals surface area contributed by atoms with Crippen molar-refractivity contribution in [2.45, 2.75) is 25.6 Å². The Labute approximate surface area is 152 Å². The Morgan fingerprint density at radius 2 is 2.32 bits per heavy atom. The van der Waals surface area contributed by atoms with E-state index < -0.39 is 0 Å². The van der Waals surface area contributed by atoms with Gasteiger partial charge in [0, 0.05) is 23.8 Å². The fourth-order valence-electron chi connectivity index (χ4n) is 2.03. The molecule has 2 N–H and O–H groups in total. The molecule has 3 rings (SSSR count). The molecule has 0 aliphatic rings. The number of thiazole rings is 1. The average molecular weight is 379 g/mol. The van der Waals surface area contributed by atoms with Crippen LogP contribution in [0.3, 0.4) is 0 Å². The molecular formula is C15H17N5O3S2. The lowest BCUT2D eigenvalue weighted by atomic mass is 10.4. The summed E-state index contributed by atoms with van der Waals surface area (Å²) in [6.07, 6.45) is 3.81. The molecule has 0 bridgehead atoms. The molecule has 2 amide bonds. The number of aryl methyl sites for hydroxylation is 1. The Bertz CT molecular complexity index is 856. The van der Waals surface area contributed by atoms with Crippen LogP contribution in [0.4, 0.5) is 5.82 Å². The van der Waals surface area contributed by atoms with Crippen molar-refractivity contribution in [1.82, 2.24) is 19.9 Å². The first-order valence-electron chi connectivity index (χ1n) is 7.55. The predicted octanol–water partition coefficient (Wildman–Crippen LogP) is 2.07. The van der Waals surface area contributed by atoms with E-state index in [-0.39, 0.29) is 22.8 Å². The van der Waals surface area contributed by atoms with Crippen LogP contribution in [0.25, 0.3) is 4.96 Å². The summed E-state index contributed by atoms with van der Waals surface area (Å²) in [7, 11) is 0. The number of anilines is 1. The van der Waals surface area contributed by atoms with E-state index in [0.29, 0.717) is 18.1 Å². The van der Waals surface area contributed by atoms with Crippen LogP contribution in [0.1, 0.15) is 18.4 Å². The first-order valence-corrected chi connectivity index (χ1v) is 9.47. The van der Waals surface area contributed by atoms with Gasteiger partial charge in [-0.15, -0.1) is 23.1 Å². The smallest absolute Gasteiger partial charge is 0.238 e. The van der Waals surface area contributed by atoms with Crippen molar-refractivity contribution < 1.29 is 14.1 Å². The van der Waals surface area contributed by atoms with Gasteiger partial charge in [-0.2, -0.15) is 0 Å². The third kappa shape index (κ3) is 4.60. The Morgan fingerprint density at radius 3 is 3.04 bits per heavy atom. The maximum atomic E-state index is 12.0. The molecular weight excluding hydrogens is 362 g/mol. The van der Waals surface area contributed by atoms with Crippen molar-refractivity contribution in [3.63, 3.8) is 0 Å². The number of amides is 2. The van der Waals surface area contributed by atoms with Gasteiger partial charge in [0.15, 0.2) is 10.8 Å². The van der Waals surface area contributed by atoms with E-state index in [1.165, 1.54) is 11.8 Å². The van der Waals surface area contributed by atoms with Gasteiger partial charge in [-0.1, -0.05) is 5.16 Å². The Kier molecular flexibility index (Phi) is 5.39. The summed E-state index contributed by atoms with van der Waals surface area (Å²) in [6.45, 7) is 3.85. The van der Waals surface area contributed by atoms with Crippen LogP contribution < -0.4 is 10.6 Å². The minimum absolute atomic E-state index is 0.140. The molecule has 0 fully saturated rings. The molecule has 0 aliphatic carbocycles. The average Bonchev–Trinajstić information content (AvgIpc) is 3.26. The SMILES string of the molecule is Cc1cc(NC(=O)C(C)SCC(=O)NCc2cn3ccsc3n2)no1. The molecule has 25 heavy (non-hydrogen) atoms. The predicted molar refractivity (Wildman–Crippen MR) is 96.7 cm³/mol. The zero-order valence-corrected chi connectivity index (χ0v) is 15.3. The summed E-state index contributed by atoms with van der Waals surface area (Å²) in [5.74, 6) is 0.821. The molecule has 1 atom stereocenters. The molecule has 1 unspecified atom stereocenters. The second-order valence-electron chi connectivity index (χ2n) is 5.37. The largest absolute Gasteiger partial charge is 0.360 e. The highest BCUT2D eigenvalue weighted by Gasteiger charge is 2.17. The Balaban J connectivity index is 1.40. The van der Waals surface area contributed by atoms with Crippen molar-refractivity contribution >= 4 is 45.7 Å². The van der Waals surface area contributed by atoms with E-state index in [4.69, 9.17) is 4.52 Å². The molecule has 0 saturated carbocycles. The number of thioether (sulfide) groups is 1. The number of carbonyl (C=O) groups excluding carboxylic acids is 2. The Hall–Kier alpha value is -2.33. The van der Waals surface area contributed by atoms with Gasteiger partial charge in [0.05, 0.1) is 23.2 Å². The molecule has 132 valence electrons. The number of hydrogen-bond donors (Lipinski definition) is 2. The molecule has 0 saturated heterocycles. The van der Waals surface area contributed by atoms with Crippen molar-refractivity contribution in [3.8, 4) is 0 Å². The lowest BCUT2D eigenvalue weighted by Gasteiger charge is -2.10. The number of fused-ring (bicyclic) bond motifs is 1. The van der Waals surface area contributed by atoms with Crippen LogP contribution in [0, 0.1) is 6.92 Å². The first kappa shape index (κ1) is 17.5. The molecule has 3 aromatic rings. The number of hydrogen-bond acceptors (Lipinski definition) is 7. The van der Waals surface area contributed by atoms with Gasteiger partial charge < -0.3 is 15.2 Å². The van der Waals surface area contributed by atoms with Crippen LogP contribution in [-0.2, 0) is 16.1 Å². The minimum atomic E-state index is -0.388. The standard InChI is InChI=1S/C15H17N5O3S2/c1-9-5-12(19-23-9)18-14(22)10(2)25-8-13(21)16-6-11-7-20-3-4-24-15(20)17-11/h3-5,7,10H,6,8H2,1-2H3,(H,16,21)(H,18,19,22). The monoisotopic (exact) mass is 379 g/mol. The number of carbonyl (C=O) groups is 2. The van der Waals surface area contributed by atoms with Crippen molar-refractivity contribution in [2.24, 2.45) is 0 Å². The second kappa shape index (κ2) is 7.70. The van der Waals surface area contributed by atoms with Gasteiger partial charge in [0.25, 0.3) is 0 Å². The van der Waals surface area contributed by atoms with Crippen LogP contribution >= 0.6 is 23.1 Å². The fraction of sp³-hybridized carbons (Fsp3) is 0.333. The van der Waals surface area contributed by atoms with E-state index in [2.05, 4.69) is 20.8 Å². The van der Waals surface area contributed by atoms with Gasteiger partial charge in [-0.25, -0.2) is 4.98 Å². The number of imidazole rings is 1. The van der Waals surface area contributed by atoms with Crippen molar-refractivity contribution in [2.75, 3.05) is 11.1 Å². The van der Waals surface area contributed by atoms with Gasteiger partial charge in [-0.3, -0.25) is 14.0 Å². The highest BCUT2D eigenvalue weighted by Crippen LogP contribution is 2.14. The first-order chi connectivity index (χ1) is 12.0. The summed E-state index contributed by atoms with van der Waals surface area (Å²) in [6, 6.07) is 1.64. The topological polar surface area (TPSA) is 102 Å². The number of nitrogens with zero attached hydrogens (tertiary/aromatic N) is 3. The molecule has 0 radical (unpaired) electrons. The van der Waals surface area contributed by atoms with Gasteiger partial charge in [0.1, 0.15) is 5.76 Å². The molecule has 0 spiro atoms. The normalized spacial score (nSPS) is 12.2. The molecule has 8 nitrogen and oxygen atoms in total. The third-order valence-electron chi connectivity index (χ3n) is 3.32. The van der Waals surface area contributed by atoms with Gasteiger partial charge in [-0.05, 0) is 13.8 Å². The van der Waals surface area contributed by atoms with Crippen LogP contribution in [0.2, 0.25) is 0 Å². The van der Waals surface area contributed by atoms with E-state index >= 15 is 0 Å². The summed E-state index contributed by atoms with van der Waals surface area (Å²) in [4.78, 5) is 29.3. The molecule has 0 aliphatic heterocycles.